The van der Waals surface area contributed by atoms with E-state index >= 15 is 0 Å². The van der Waals surface area contributed by atoms with Gasteiger partial charge in [-0.1, -0.05) is 23.9 Å². The summed E-state index contributed by atoms with van der Waals surface area (Å²) < 4.78 is 6.64. The van der Waals surface area contributed by atoms with E-state index in [1.165, 1.54) is 18.9 Å². The second-order valence-corrected chi connectivity index (χ2v) is 9.05. The molecule has 0 saturated carbocycles. The Morgan fingerprint density at radius 1 is 1.39 bits per heavy atom. The van der Waals surface area contributed by atoms with Crippen LogP contribution in [0.3, 0.4) is 0 Å². The van der Waals surface area contributed by atoms with Crippen molar-refractivity contribution in [3.63, 3.8) is 0 Å². The van der Waals surface area contributed by atoms with Crippen LogP contribution in [0.15, 0.2) is 35.3 Å². The van der Waals surface area contributed by atoms with Crippen molar-refractivity contribution in [2.75, 3.05) is 18.2 Å². The number of allylic oxidation sites excluding steroid dienone is 1. The highest BCUT2D eigenvalue weighted by atomic mass is 32.2. The van der Waals surface area contributed by atoms with E-state index in [0.29, 0.717) is 23.1 Å². The second kappa shape index (κ2) is 9.90. The molecule has 3 aromatic rings. The normalized spacial score (nSPS) is 10.6. The highest BCUT2D eigenvalue weighted by Gasteiger charge is 2.25. The van der Waals surface area contributed by atoms with E-state index in [4.69, 9.17) is 10.5 Å². The van der Waals surface area contributed by atoms with Crippen molar-refractivity contribution < 1.29 is 19.1 Å². The summed E-state index contributed by atoms with van der Waals surface area (Å²) in [5, 5.41) is 13.8. The Morgan fingerprint density at radius 3 is 2.77 bits per heavy atom. The third-order valence-electron chi connectivity index (χ3n) is 4.12. The number of carbonyl (C=O) groups excluding carboxylic acids is 3. The molecule has 31 heavy (non-hydrogen) atoms. The van der Waals surface area contributed by atoms with Crippen molar-refractivity contribution in [2.24, 2.45) is 5.73 Å². The number of ether oxygens (including phenoxy) is 1. The minimum atomic E-state index is -0.679. The van der Waals surface area contributed by atoms with Crippen molar-refractivity contribution in [1.29, 1.82) is 0 Å². The number of nitrogens with two attached hydrogens (primary N) is 1. The van der Waals surface area contributed by atoms with Gasteiger partial charge in [-0.05, 0) is 23.9 Å². The number of esters is 1. The Morgan fingerprint density at radius 2 is 2.16 bits per heavy atom. The highest BCUT2D eigenvalue weighted by Crippen LogP contribution is 2.34. The van der Waals surface area contributed by atoms with Crippen LogP contribution in [0, 0.1) is 6.92 Å². The molecule has 162 valence electrons. The molecule has 0 atom stereocenters. The number of methoxy groups -OCH3 is 1. The number of thiophene rings is 2. The summed E-state index contributed by atoms with van der Waals surface area (Å²) in [6.07, 6.45) is 1.73. The molecule has 0 saturated heterocycles. The molecule has 12 heteroatoms. The van der Waals surface area contributed by atoms with Gasteiger partial charge in [-0.2, -0.15) is 0 Å². The van der Waals surface area contributed by atoms with Crippen LogP contribution in [-0.4, -0.2) is 45.4 Å². The van der Waals surface area contributed by atoms with Gasteiger partial charge in [0.1, 0.15) is 5.00 Å². The summed E-state index contributed by atoms with van der Waals surface area (Å²) in [4.78, 5) is 37.5. The van der Waals surface area contributed by atoms with Gasteiger partial charge in [0.2, 0.25) is 5.91 Å². The van der Waals surface area contributed by atoms with Crippen LogP contribution in [0.1, 0.15) is 25.6 Å². The van der Waals surface area contributed by atoms with Gasteiger partial charge in [0, 0.05) is 6.54 Å². The Hall–Kier alpha value is -2.96. The summed E-state index contributed by atoms with van der Waals surface area (Å²) >= 11 is 3.68. The predicted octanol–water partition coefficient (Wildman–Crippen LogP) is 3.18. The van der Waals surface area contributed by atoms with Crippen molar-refractivity contribution in [2.45, 2.75) is 18.6 Å². The molecule has 2 amide bonds. The summed E-state index contributed by atoms with van der Waals surface area (Å²) in [6.45, 7) is 5.84. The van der Waals surface area contributed by atoms with Gasteiger partial charge in [-0.3, -0.25) is 14.2 Å². The standard InChI is InChI=1S/C19H19N5O4S3/c1-4-7-24-16(11-6-5-8-29-11)22-23-19(24)30-9-12(25)21-17-13(18(27)28-3)10(2)14(31-17)15(20)26/h4-6,8H,1,7,9H2,2-3H3,(H2,20,26)(H,21,25). The van der Waals surface area contributed by atoms with Crippen LogP contribution in [0.2, 0.25) is 0 Å². The molecule has 3 heterocycles. The van der Waals surface area contributed by atoms with Crippen LogP contribution < -0.4 is 11.1 Å². The number of anilines is 1. The molecular weight excluding hydrogens is 458 g/mol. The van der Waals surface area contributed by atoms with E-state index in [1.807, 2.05) is 22.1 Å². The lowest BCUT2D eigenvalue weighted by molar-refractivity contribution is -0.113. The topological polar surface area (TPSA) is 129 Å². The maximum absolute atomic E-state index is 12.6. The van der Waals surface area contributed by atoms with Crippen molar-refractivity contribution in [1.82, 2.24) is 14.8 Å². The number of thioether (sulfide) groups is 1. The van der Waals surface area contributed by atoms with E-state index in [1.54, 1.807) is 24.3 Å². The van der Waals surface area contributed by atoms with E-state index in [-0.39, 0.29) is 27.1 Å². The zero-order valence-electron chi connectivity index (χ0n) is 16.7. The fourth-order valence-corrected chi connectivity index (χ4v) is 5.28. The van der Waals surface area contributed by atoms with Gasteiger partial charge in [0.05, 0.1) is 28.2 Å². The first kappa shape index (κ1) is 22.7. The molecule has 0 spiro atoms. The first-order valence-electron chi connectivity index (χ1n) is 8.89. The largest absolute Gasteiger partial charge is 0.465 e. The van der Waals surface area contributed by atoms with Gasteiger partial charge in [0.15, 0.2) is 11.0 Å². The molecule has 9 nitrogen and oxygen atoms in total. The van der Waals surface area contributed by atoms with E-state index < -0.39 is 11.9 Å². The number of hydrogen-bond acceptors (Lipinski definition) is 9. The summed E-state index contributed by atoms with van der Waals surface area (Å²) in [6, 6.07) is 3.87. The average Bonchev–Trinajstić information content (AvgIpc) is 3.46. The fraction of sp³-hybridized carbons (Fsp3) is 0.211. The average molecular weight is 478 g/mol. The lowest BCUT2D eigenvalue weighted by atomic mass is 10.1. The number of rotatable bonds is 9. The third-order valence-corrected chi connectivity index (χ3v) is 7.17. The molecule has 0 radical (unpaired) electrons. The number of carbonyl (C=O) groups is 3. The number of amides is 2. The maximum Gasteiger partial charge on any atom is 0.341 e. The van der Waals surface area contributed by atoms with Crippen LogP contribution in [-0.2, 0) is 16.1 Å². The molecule has 0 aliphatic heterocycles. The lowest BCUT2D eigenvalue weighted by Crippen LogP contribution is -2.16. The molecule has 0 aromatic carbocycles. The Labute approximate surface area is 190 Å². The Balaban J connectivity index is 1.77. The van der Waals surface area contributed by atoms with Gasteiger partial charge in [-0.25, -0.2) is 4.79 Å². The van der Waals surface area contributed by atoms with Gasteiger partial charge < -0.3 is 15.8 Å². The smallest absolute Gasteiger partial charge is 0.341 e. The second-order valence-electron chi connectivity index (χ2n) is 6.14. The molecule has 0 unspecified atom stereocenters. The minimum Gasteiger partial charge on any atom is -0.465 e. The van der Waals surface area contributed by atoms with Crippen molar-refractivity contribution >= 4 is 57.2 Å². The number of nitrogens with zero attached hydrogens (tertiary/aromatic N) is 3. The zero-order valence-corrected chi connectivity index (χ0v) is 19.2. The predicted molar refractivity (Wildman–Crippen MR) is 122 cm³/mol. The Kier molecular flexibility index (Phi) is 7.25. The molecule has 0 bridgehead atoms. The number of nitrogens with one attached hydrogen (secondary N) is 1. The molecule has 3 N–H and O–H groups in total. The Bertz CT molecular complexity index is 1130. The monoisotopic (exact) mass is 477 g/mol. The van der Waals surface area contributed by atoms with Crippen LogP contribution in [0.5, 0.6) is 0 Å². The quantitative estimate of drug-likeness (QED) is 0.275. The van der Waals surface area contributed by atoms with Gasteiger partial charge >= 0.3 is 5.97 Å². The molecule has 0 fully saturated rings. The van der Waals surface area contributed by atoms with Gasteiger partial charge in [-0.15, -0.1) is 39.4 Å². The van der Waals surface area contributed by atoms with E-state index in [0.717, 1.165) is 16.2 Å². The lowest BCUT2D eigenvalue weighted by Gasteiger charge is -2.08. The minimum absolute atomic E-state index is 0.0170. The summed E-state index contributed by atoms with van der Waals surface area (Å²) in [5.74, 6) is -0.996. The fourth-order valence-electron chi connectivity index (χ4n) is 2.75. The van der Waals surface area contributed by atoms with E-state index in [2.05, 4.69) is 22.1 Å². The number of primary amides is 1. The zero-order chi connectivity index (χ0) is 22.5. The van der Waals surface area contributed by atoms with Crippen LogP contribution >= 0.6 is 34.4 Å². The van der Waals surface area contributed by atoms with Crippen LogP contribution in [0.4, 0.5) is 5.00 Å². The van der Waals surface area contributed by atoms with Crippen LogP contribution in [0.25, 0.3) is 10.7 Å². The first-order chi connectivity index (χ1) is 14.9. The van der Waals surface area contributed by atoms with Crippen molar-refractivity contribution in [3.8, 4) is 10.7 Å². The van der Waals surface area contributed by atoms with Crippen molar-refractivity contribution in [3.05, 3.63) is 46.2 Å². The summed E-state index contributed by atoms with van der Waals surface area (Å²) in [7, 11) is 1.22. The first-order valence-corrected chi connectivity index (χ1v) is 11.6. The molecule has 3 rings (SSSR count). The molecule has 3 aromatic heterocycles. The van der Waals surface area contributed by atoms with E-state index in [9.17, 15) is 14.4 Å². The summed E-state index contributed by atoms with van der Waals surface area (Å²) in [5.41, 5.74) is 5.86. The number of hydrogen-bond donors (Lipinski definition) is 2. The molecular formula is C19H19N5O4S3. The third kappa shape index (κ3) is 4.86. The van der Waals surface area contributed by atoms with Gasteiger partial charge in [0.25, 0.3) is 5.91 Å². The molecule has 0 aliphatic carbocycles. The SMILES string of the molecule is C=CCn1c(SCC(=O)Nc2sc(C(N)=O)c(C)c2C(=O)OC)nnc1-c1cccs1. The molecule has 0 aliphatic rings. The highest BCUT2D eigenvalue weighted by molar-refractivity contribution is 7.99. The maximum atomic E-state index is 12.6. The number of aromatic nitrogens is 3.